The highest BCUT2D eigenvalue weighted by Crippen LogP contribution is 2.52. The van der Waals surface area contributed by atoms with Crippen LogP contribution in [0.1, 0.15) is 78.1 Å². The number of hydrogen-bond donors (Lipinski definition) is 2. The van der Waals surface area contributed by atoms with Crippen molar-refractivity contribution >= 4 is 33.9 Å². The second-order valence-electron chi connectivity index (χ2n) is 11.3. The zero-order valence-electron chi connectivity index (χ0n) is 20.9. The summed E-state index contributed by atoms with van der Waals surface area (Å²) in [7, 11) is 2.07. The number of rotatable bonds is 6. The molecule has 6 nitrogen and oxygen atoms in total. The van der Waals surface area contributed by atoms with Crippen molar-refractivity contribution in [2.24, 2.45) is 11.3 Å². The molecular weight excluding hydrogens is 448 g/mol. The SMILES string of the molecule is CN(CC1CCOCC1)c1ccc(C(=O)Nc2sc3c(c2C(=O)O)CC(C)(C)CC3(C)C)cc1. The average Bonchev–Trinajstić information content (AvgIpc) is 3.11. The van der Waals surface area contributed by atoms with E-state index in [1.807, 2.05) is 24.3 Å². The lowest BCUT2D eigenvalue weighted by Crippen LogP contribution is -2.34. The molecule has 184 valence electrons. The fourth-order valence-electron chi connectivity index (χ4n) is 5.78. The number of carbonyl (C=O) groups is 2. The number of nitrogens with zero attached hydrogens (tertiary/aromatic N) is 1. The van der Waals surface area contributed by atoms with Crippen LogP contribution in [-0.2, 0) is 16.6 Å². The van der Waals surface area contributed by atoms with Crippen LogP contribution in [0.2, 0.25) is 0 Å². The van der Waals surface area contributed by atoms with Crippen LogP contribution in [0.3, 0.4) is 0 Å². The van der Waals surface area contributed by atoms with Gasteiger partial charge in [0.2, 0.25) is 0 Å². The molecule has 2 N–H and O–H groups in total. The zero-order valence-corrected chi connectivity index (χ0v) is 21.7. The molecule has 0 unspecified atom stereocenters. The van der Waals surface area contributed by atoms with E-state index >= 15 is 0 Å². The Labute approximate surface area is 206 Å². The van der Waals surface area contributed by atoms with Gasteiger partial charge in [-0.2, -0.15) is 0 Å². The van der Waals surface area contributed by atoms with Crippen LogP contribution in [0.5, 0.6) is 0 Å². The first-order valence-corrected chi connectivity index (χ1v) is 12.9. The number of aromatic carboxylic acids is 1. The van der Waals surface area contributed by atoms with Gasteiger partial charge >= 0.3 is 5.97 Å². The number of carboxylic acids is 1. The van der Waals surface area contributed by atoms with E-state index in [0.717, 1.165) is 55.1 Å². The van der Waals surface area contributed by atoms with Gasteiger partial charge in [-0.1, -0.05) is 27.7 Å². The Balaban J connectivity index is 1.52. The Morgan fingerprint density at radius 2 is 1.79 bits per heavy atom. The molecule has 1 fully saturated rings. The Hall–Kier alpha value is -2.38. The quantitative estimate of drug-likeness (QED) is 0.541. The van der Waals surface area contributed by atoms with Crippen molar-refractivity contribution in [2.75, 3.05) is 37.0 Å². The molecule has 2 aromatic rings. The molecule has 1 aliphatic carbocycles. The molecular formula is C27H36N2O4S. The van der Waals surface area contributed by atoms with Gasteiger partial charge in [-0.05, 0) is 72.3 Å². The summed E-state index contributed by atoms with van der Waals surface area (Å²) >= 11 is 1.42. The molecule has 1 aliphatic heterocycles. The number of anilines is 2. The summed E-state index contributed by atoms with van der Waals surface area (Å²) < 4.78 is 5.45. The van der Waals surface area contributed by atoms with Gasteiger partial charge in [0.25, 0.3) is 5.91 Å². The Morgan fingerprint density at radius 1 is 1.15 bits per heavy atom. The van der Waals surface area contributed by atoms with Gasteiger partial charge in [-0.3, -0.25) is 4.79 Å². The van der Waals surface area contributed by atoms with Crippen molar-refractivity contribution in [2.45, 2.75) is 58.8 Å². The van der Waals surface area contributed by atoms with Gasteiger partial charge < -0.3 is 20.1 Å². The third-order valence-corrected chi connectivity index (χ3v) is 8.60. The molecule has 1 amide bonds. The maximum Gasteiger partial charge on any atom is 0.339 e. The standard InChI is InChI=1S/C27H36N2O4S/c1-26(2)14-20-21(25(31)32)24(34-22(20)27(3,4)16-26)28-23(30)18-6-8-19(9-7-18)29(5)15-17-10-12-33-13-11-17/h6-9,17H,10-16H2,1-5H3,(H,28,30)(H,31,32). The topological polar surface area (TPSA) is 78.9 Å². The van der Waals surface area contributed by atoms with Gasteiger partial charge in [0.15, 0.2) is 0 Å². The van der Waals surface area contributed by atoms with Crippen LogP contribution >= 0.6 is 11.3 Å². The number of carboxylic acid groups (broad SMARTS) is 1. The monoisotopic (exact) mass is 484 g/mol. The van der Waals surface area contributed by atoms with E-state index in [-0.39, 0.29) is 22.3 Å². The molecule has 2 aliphatic rings. The summed E-state index contributed by atoms with van der Waals surface area (Å²) in [5.74, 6) is -0.640. The van der Waals surface area contributed by atoms with E-state index in [1.165, 1.54) is 11.3 Å². The lowest BCUT2D eigenvalue weighted by Gasteiger charge is -2.40. The third-order valence-electron chi connectivity index (χ3n) is 7.08. The van der Waals surface area contributed by atoms with Gasteiger partial charge in [-0.25, -0.2) is 4.79 Å². The number of benzene rings is 1. The van der Waals surface area contributed by atoms with Crippen molar-refractivity contribution in [1.82, 2.24) is 0 Å². The highest BCUT2D eigenvalue weighted by atomic mass is 32.1. The predicted molar refractivity (Wildman–Crippen MR) is 138 cm³/mol. The molecule has 0 spiro atoms. The number of thiophene rings is 1. The molecule has 1 aromatic heterocycles. The van der Waals surface area contributed by atoms with Crippen LogP contribution in [0.25, 0.3) is 0 Å². The molecule has 4 rings (SSSR count). The number of ether oxygens (including phenoxy) is 1. The molecule has 0 radical (unpaired) electrons. The minimum Gasteiger partial charge on any atom is -0.478 e. The van der Waals surface area contributed by atoms with Crippen LogP contribution < -0.4 is 10.2 Å². The van der Waals surface area contributed by atoms with E-state index in [9.17, 15) is 14.7 Å². The largest absolute Gasteiger partial charge is 0.478 e. The van der Waals surface area contributed by atoms with E-state index in [0.29, 0.717) is 22.9 Å². The average molecular weight is 485 g/mol. The smallest absolute Gasteiger partial charge is 0.339 e. The molecule has 1 saturated heterocycles. The zero-order chi connectivity index (χ0) is 24.7. The molecule has 0 atom stereocenters. The lowest BCUT2D eigenvalue weighted by molar-refractivity contribution is 0.0684. The van der Waals surface area contributed by atoms with Gasteiger partial charge in [0.05, 0.1) is 5.56 Å². The number of nitrogens with one attached hydrogen (secondary N) is 1. The first-order chi connectivity index (χ1) is 16.0. The summed E-state index contributed by atoms with van der Waals surface area (Å²) in [5, 5.41) is 13.4. The van der Waals surface area contributed by atoms with Gasteiger partial charge in [0.1, 0.15) is 5.00 Å². The number of hydrogen-bond acceptors (Lipinski definition) is 5. The van der Waals surface area contributed by atoms with E-state index in [2.05, 4.69) is 45.0 Å². The van der Waals surface area contributed by atoms with Crippen molar-refractivity contribution < 1.29 is 19.4 Å². The maximum atomic E-state index is 13.1. The second kappa shape index (κ2) is 9.34. The highest BCUT2D eigenvalue weighted by molar-refractivity contribution is 7.17. The van der Waals surface area contributed by atoms with Crippen LogP contribution in [0.15, 0.2) is 24.3 Å². The molecule has 0 saturated carbocycles. The summed E-state index contributed by atoms with van der Waals surface area (Å²) in [5.41, 5.74) is 2.58. The molecule has 7 heteroatoms. The van der Waals surface area contributed by atoms with E-state index < -0.39 is 5.97 Å². The Kier molecular flexibility index (Phi) is 6.80. The first-order valence-electron chi connectivity index (χ1n) is 12.1. The summed E-state index contributed by atoms with van der Waals surface area (Å²) in [6, 6.07) is 7.53. The third kappa shape index (κ3) is 5.15. The minimum atomic E-state index is -0.980. The van der Waals surface area contributed by atoms with Crippen molar-refractivity contribution in [3.63, 3.8) is 0 Å². The highest BCUT2D eigenvalue weighted by Gasteiger charge is 2.42. The van der Waals surface area contributed by atoms with Crippen molar-refractivity contribution in [3.8, 4) is 0 Å². The van der Waals surface area contributed by atoms with Crippen LogP contribution in [0, 0.1) is 11.3 Å². The maximum absolute atomic E-state index is 13.1. The summed E-state index contributed by atoms with van der Waals surface area (Å²) in [4.78, 5) is 28.6. The molecule has 34 heavy (non-hydrogen) atoms. The normalized spacial score (nSPS) is 19.3. The number of fused-ring (bicyclic) bond motifs is 1. The fourth-order valence-corrected chi connectivity index (χ4v) is 7.08. The lowest BCUT2D eigenvalue weighted by atomic mass is 9.65. The first kappa shape index (κ1) is 24.7. The van der Waals surface area contributed by atoms with Crippen LogP contribution in [-0.4, -0.2) is 43.8 Å². The molecule has 1 aromatic carbocycles. The summed E-state index contributed by atoms with van der Waals surface area (Å²) in [6.07, 6.45) is 3.84. The fraction of sp³-hybridized carbons (Fsp3) is 0.556. The van der Waals surface area contributed by atoms with Gasteiger partial charge in [0, 0.05) is 42.9 Å². The van der Waals surface area contributed by atoms with Crippen LogP contribution in [0.4, 0.5) is 10.7 Å². The number of carbonyl (C=O) groups excluding carboxylic acids is 1. The van der Waals surface area contributed by atoms with Crippen molar-refractivity contribution in [3.05, 3.63) is 45.8 Å². The summed E-state index contributed by atoms with van der Waals surface area (Å²) in [6.45, 7) is 11.3. The van der Waals surface area contributed by atoms with Crippen molar-refractivity contribution in [1.29, 1.82) is 0 Å². The predicted octanol–water partition coefficient (Wildman–Crippen LogP) is 5.81. The Bertz CT molecular complexity index is 1070. The van der Waals surface area contributed by atoms with E-state index in [1.54, 1.807) is 0 Å². The second-order valence-corrected chi connectivity index (χ2v) is 12.3. The Morgan fingerprint density at radius 3 is 2.41 bits per heavy atom. The van der Waals surface area contributed by atoms with Gasteiger partial charge in [-0.15, -0.1) is 11.3 Å². The minimum absolute atomic E-state index is 0.00948. The number of amides is 1. The molecule has 0 bridgehead atoms. The van der Waals surface area contributed by atoms with E-state index in [4.69, 9.17) is 4.74 Å². The molecule has 2 heterocycles.